The van der Waals surface area contributed by atoms with E-state index in [0.29, 0.717) is 0 Å². The number of rotatable bonds is 3. The minimum Gasteiger partial charge on any atom is -0.481 e. The second kappa shape index (κ2) is 5.13. The van der Waals surface area contributed by atoms with Crippen molar-refractivity contribution in [3.05, 3.63) is 66.5 Å². The highest BCUT2D eigenvalue weighted by Gasteiger charge is 2.08. The summed E-state index contributed by atoms with van der Waals surface area (Å²) in [6.07, 6.45) is 3.56. The van der Waals surface area contributed by atoms with Gasteiger partial charge >= 0.3 is 5.97 Å². The van der Waals surface area contributed by atoms with Gasteiger partial charge in [0.2, 0.25) is 0 Å². The normalized spacial score (nSPS) is 10.6. The molecule has 0 aliphatic heterocycles. The summed E-state index contributed by atoms with van der Waals surface area (Å²) in [5.74, 6) is -0.813. The van der Waals surface area contributed by atoms with E-state index in [-0.39, 0.29) is 6.42 Å². The first-order valence-corrected chi connectivity index (χ1v) is 6.38. The number of hydrogen-bond acceptors (Lipinski definition) is 2. The molecule has 3 heteroatoms. The van der Waals surface area contributed by atoms with Crippen LogP contribution in [0.1, 0.15) is 5.56 Å². The van der Waals surface area contributed by atoms with Gasteiger partial charge in [-0.2, -0.15) is 0 Å². The van der Waals surface area contributed by atoms with Crippen molar-refractivity contribution in [2.24, 2.45) is 0 Å². The van der Waals surface area contributed by atoms with E-state index in [0.717, 1.165) is 27.5 Å². The number of fused-ring (bicyclic) bond motifs is 1. The third-order valence-electron chi connectivity index (χ3n) is 3.35. The molecule has 98 valence electrons. The van der Waals surface area contributed by atoms with E-state index in [1.165, 1.54) is 0 Å². The van der Waals surface area contributed by atoms with Gasteiger partial charge in [0.25, 0.3) is 0 Å². The summed E-state index contributed by atoms with van der Waals surface area (Å²) in [4.78, 5) is 15.0. The Labute approximate surface area is 116 Å². The number of benzene rings is 2. The van der Waals surface area contributed by atoms with Gasteiger partial charge in [0.1, 0.15) is 0 Å². The Morgan fingerprint density at radius 1 is 0.950 bits per heavy atom. The minimum absolute atomic E-state index is 0.0388. The lowest BCUT2D eigenvalue weighted by Gasteiger charge is -2.09. The predicted octanol–water partition coefficient (Wildman–Crippen LogP) is 3.53. The molecule has 0 amide bonds. The first-order valence-electron chi connectivity index (χ1n) is 6.38. The van der Waals surface area contributed by atoms with Crippen LogP contribution in [0, 0.1) is 0 Å². The van der Waals surface area contributed by atoms with Crippen molar-refractivity contribution in [2.45, 2.75) is 6.42 Å². The molecule has 1 aromatic heterocycles. The Bertz CT molecular complexity index is 766. The molecule has 0 spiro atoms. The Hall–Kier alpha value is -2.68. The first-order chi connectivity index (χ1) is 9.75. The fourth-order valence-electron chi connectivity index (χ4n) is 2.48. The van der Waals surface area contributed by atoms with Crippen LogP contribution in [0.4, 0.5) is 0 Å². The molecular formula is C17H13NO2. The molecule has 0 aliphatic carbocycles. The first kappa shape index (κ1) is 12.4. The Morgan fingerprint density at radius 3 is 2.40 bits per heavy atom. The van der Waals surface area contributed by atoms with Gasteiger partial charge in [-0.15, -0.1) is 0 Å². The van der Waals surface area contributed by atoms with E-state index in [9.17, 15) is 4.79 Å². The van der Waals surface area contributed by atoms with E-state index >= 15 is 0 Å². The lowest BCUT2D eigenvalue weighted by atomic mass is 9.95. The Balaban J connectivity index is 2.23. The molecule has 3 rings (SSSR count). The van der Waals surface area contributed by atoms with Crippen molar-refractivity contribution < 1.29 is 9.90 Å². The van der Waals surface area contributed by atoms with Crippen LogP contribution in [0.15, 0.2) is 60.9 Å². The van der Waals surface area contributed by atoms with Gasteiger partial charge in [0.15, 0.2) is 0 Å². The molecule has 0 saturated carbocycles. The zero-order valence-electron chi connectivity index (χ0n) is 10.8. The smallest absolute Gasteiger partial charge is 0.307 e. The number of nitrogens with zero attached hydrogens (tertiary/aromatic N) is 1. The van der Waals surface area contributed by atoms with E-state index in [2.05, 4.69) is 4.98 Å². The standard InChI is InChI=1S/C17H13NO2/c19-17(20)11-13-3-1-6-16-14(4-2-5-15(13)16)12-7-9-18-10-8-12/h1-10H,11H2,(H,19,20). The molecule has 0 atom stereocenters. The van der Waals surface area contributed by atoms with Crippen molar-refractivity contribution in [1.82, 2.24) is 4.98 Å². The summed E-state index contributed by atoms with van der Waals surface area (Å²) in [5, 5.41) is 11.1. The van der Waals surface area contributed by atoms with E-state index < -0.39 is 5.97 Å². The van der Waals surface area contributed by atoms with E-state index in [4.69, 9.17) is 5.11 Å². The molecule has 0 saturated heterocycles. The zero-order chi connectivity index (χ0) is 13.9. The van der Waals surface area contributed by atoms with Crippen molar-refractivity contribution in [3.63, 3.8) is 0 Å². The molecule has 20 heavy (non-hydrogen) atoms. The maximum Gasteiger partial charge on any atom is 0.307 e. The molecule has 2 aromatic carbocycles. The van der Waals surface area contributed by atoms with E-state index in [1.807, 2.05) is 48.5 Å². The van der Waals surface area contributed by atoms with Crippen molar-refractivity contribution in [2.75, 3.05) is 0 Å². The third-order valence-corrected chi connectivity index (χ3v) is 3.35. The van der Waals surface area contributed by atoms with Gasteiger partial charge < -0.3 is 5.11 Å². The molecule has 0 aliphatic rings. The molecule has 0 radical (unpaired) electrons. The predicted molar refractivity (Wildman–Crippen MR) is 78.5 cm³/mol. The number of hydrogen-bond donors (Lipinski definition) is 1. The average Bonchev–Trinajstić information content (AvgIpc) is 2.47. The van der Waals surface area contributed by atoms with Crippen LogP contribution in [-0.4, -0.2) is 16.1 Å². The highest BCUT2D eigenvalue weighted by molar-refractivity contribution is 5.99. The molecule has 1 heterocycles. The number of carbonyl (C=O) groups is 1. The summed E-state index contributed by atoms with van der Waals surface area (Å²) >= 11 is 0. The van der Waals surface area contributed by atoms with Crippen LogP contribution in [0.25, 0.3) is 21.9 Å². The Kier molecular flexibility index (Phi) is 3.17. The van der Waals surface area contributed by atoms with Crippen LogP contribution in [0.3, 0.4) is 0 Å². The molecule has 0 bridgehead atoms. The number of pyridine rings is 1. The van der Waals surface area contributed by atoms with Crippen LogP contribution in [0.2, 0.25) is 0 Å². The highest BCUT2D eigenvalue weighted by atomic mass is 16.4. The van der Waals surface area contributed by atoms with Crippen molar-refractivity contribution in [3.8, 4) is 11.1 Å². The van der Waals surface area contributed by atoms with Gasteiger partial charge in [-0.05, 0) is 39.6 Å². The zero-order valence-corrected chi connectivity index (χ0v) is 10.8. The summed E-state index contributed by atoms with van der Waals surface area (Å²) in [7, 11) is 0. The van der Waals surface area contributed by atoms with Crippen molar-refractivity contribution in [1.29, 1.82) is 0 Å². The van der Waals surface area contributed by atoms with Crippen LogP contribution >= 0.6 is 0 Å². The summed E-state index contributed by atoms with van der Waals surface area (Å²) in [6.45, 7) is 0. The molecule has 3 nitrogen and oxygen atoms in total. The van der Waals surface area contributed by atoms with Gasteiger partial charge in [-0.25, -0.2) is 0 Å². The number of carboxylic acid groups (broad SMARTS) is 1. The van der Waals surface area contributed by atoms with Crippen LogP contribution in [0.5, 0.6) is 0 Å². The van der Waals surface area contributed by atoms with Crippen LogP contribution < -0.4 is 0 Å². The molecular weight excluding hydrogens is 250 g/mol. The summed E-state index contributed by atoms with van der Waals surface area (Å²) < 4.78 is 0. The second-order valence-electron chi connectivity index (χ2n) is 4.62. The average molecular weight is 263 g/mol. The maximum atomic E-state index is 11.0. The lowest BCUT2D eigenvalue weighted by Crippen LogP contribution is -2.00. The maximum absolute atomic E-state index is 11.0. The number of aliphatic carboxylic acids is 1. The quantitative estimate of drug-likeness (QED) is 0.786. The topological polar surface area (TPSA) is 50.2 Å². The minimum atomic E-state index is -0.813. The lowest BCUT2D eigenvalue weighted by molar-refractivity contribution is -0.136. The van der Waals surface area contributed by atoms with Gasteiger partial charge in [0, 0.05) is 12.4 Å². The monoisotopic (exact) mass is 263 g/mol. The molecule has 3 aromatic rings. The summed E-state index contributed by atoms with van der Waals surface area (Å²) in [5.41, 5.74) is 3.01. The third kappa shape index (κ3) is 2.26. The fourth-order valence-corrected chi connectivity index (χ4v) is 2.48. The van der Waals surface area contributed by atoms with Gasteiger partial charge in [-0.1, -0.05) is 36.4 Å². The molecule has 1 N–H and O–H groups in total. The Morgan fingerprint density at radius 2 is 1.65 bits per heavy atom. The largest absolute Gasteiger partial charge is 0.481 e. The number of aromatic nitrogens is 1. The molecule has 0 unspecified atom stereocenters. The van der Waals surface area contributed by atoms with Crippen LogP contribution in [-0.2, 0) is 11.2 Å². The van der Waals surface area contributed by atoms with Crippen molar-refractivity contribution >= 4 is 16.7 Å². The molecule has 0 fully saturated rings. The van der Waals surface area contributed by atoms with Gasteiger partial charge in [0.05, 0.1) is 6.42 Å². The number of carboxylic acids is 1. The SMILES string of the molecule is O=C(O)Cc1cccc2c(-c3ccncc3)cccc12. The van der Waals surface area contributed by atoms with Gasteiger partial charge in [-0.3, -0.25) is 9.78 Å². The second-order valence-corrected chi connectivity index (χ2v) is 4.62. The highest BCUT2D eigenvalue weighted by Crippen LogP contribution is 2.30. The fraction of sp³-hybridized carbons (Fsp3) is 0.0588. The van der Waals surface area contributed by atoms with E-state index in [1.54, 1.807) is 12.4 Å². The summed E-state index contributed by atoms with van der Waals surface area (Å²) in [6, 6.07) is 15.7.